The molecule has 2 aromatic rings. The lowest BCUT2D eigenvalue weighted by molar-refractivity contribution is -0.130. The lowest BCUT2D eigenvalue weighted by atomic mass is 10.0. The molecule has 1 saturated heterocycles. The maximum Gasteiger partial charge on any atom is 0.251 e. The number of aryl methyl sites for hydroxylation is 2. The lowest BCUT2D eigenvalue weighted by Crippen LogP contribution is -2.54. The van der Waals surface area contributed by atoms with Crippen LogP contribution in [-0.4, -0.2) is 60.9 Å². The molecule has 6 nitrogen and oxygen atoms in total. The number of amides is 2. The van der Waals surface area contributed by atoms with Crippen LogP contribution < -0.4 is 10.1 Å². The molecule has 1 aliphatic heterocycles. The summed E-state index contributed by atoms with van der Waals surface area (Å²) in [5.41, 5.74) is 2.83. The Balaban J connectivity index is 1.85. The molecule has 34 heavy (non-hydrogen) atoms. The van der Waals surface area contributed by atoms with Gasteiger partial charge in [-0.2, -0.15) is 0 Å². The van der Waals surface area contributed by atoms with E-state index in [0.29, 0.717) is 49.5 Å². The van der Waals surface area contributed by atoms with E-state index in [9.17, 15) is 14.0 Å². The summed E-state index contributed by atoms with van der Waals surface area (Å²) in [5, 5.41) is 2.67. The van der Waals surface area contributed by atoms with Gasteiger partial charge in [-0.3, -0.25) is 14.5 Å². The third kappa shape index (κ3) is 5.83. The minimum Gasteiger partial charge on any atom is -0.484 e. The smallest absolute Gasteiger partial charge is 0.251 e. The van der Waals surface area contributed by atoms with Gasteiger partial charge in [0.15, 0.2) is 0 Å². The highest BCUT2D eigenvalue weighted by atomic mass is 19.1. The molecule has 2 aromatic carbocycles. The van der Waals surface area contributed by atoms with Crippen LogP contribution in [-0.2, 0) is 11.2 Å². The largest absolute Gasteiger partial charge is 0.484 e. The standard InChI is InChI=1S/C27H34FN3O3/c1-6-20-14-22(10-11-23(20)27(33)29-5)34-25(21-9-8-18(3)24(28)15-21)17-30-12-13-31(19(4)16-30)26(32)7-2/h7-11,14-15,19,25H,2,6,12-13,16-17H2,1,3-5H3,(H,29,33)/t19-,25?/m1/s1. The molecule has 0 spiro atoms. The third-order valence-electron chi connectivity index (χ3n) is 6.37. The summed E-state index contributed by atoms with van der Waals surface area (Å²) < 4.78 is 20.8. The molecule has 0 bridgehead atoms. The number of nitrogens with one attached hydrogen (secondary N) is 1. The van der Waals surface area contributed by atoms with E-state index in [2.05, 4.69) is 16.8 Å². The number of carbonyl (C=O) groups excluding carboxylic acids is 2. The summed E-state index contributed by atoms with van der Waals surface area (Å²) in [6.45, 7) is 11.8. The zero-order chi connectivity index (χ0) is 24.8. The number of hydrogen-bond donors (Lipinski definition) is 1. The first-order valence-electron chi connectivity index (χ1n) is 11.7. The summed E-state index contributed by atoms with van der Waals surface area (Å²) in [5.74, 6) is 0.152. The van der Waals surface area contributed by atoms with Crippen molar-refractivity contribution in [3.63, 3.8) is 0 Å². The van der Waals surface area contributed by atoms with Gasteiger partial charge in [-0.05, 0) is 67.3 Å². The zero-order valence-electron chi connectivity index (χ0n) is 20.4. The van der Waals surface area contributed by atoms with Crippen LogP contribution in [0.4, 0.5) is 4.39 Å². The van der Waals surface area contributed by atoms with Crippen LogP contribution in [0.1, 0.15) is 47.0 Å². The van der Waals surface area contributed by atoms with Crippen molar-refractivity contribution < 1.29 is 18.7 Å². The van der Waals surface area contributed by atoms with E-state index >= 15 is 0 Å². The van der Waals surface area contributed by atoms with Crippen molar-refractivity contribution >= 4 is 11.8 Å². The SMILES string of the molecule is C=CC(=O)N1CCN(CC(Oc2ccc(C(=O)NC)c(CC)c2)c2ccc(C)c(F)c2)C[C@H]1C. The first-order valence-corrected chi connectivity index (χ1v) is 11.7. The molecule has 1 aliphatic rings. The van der Waals surface area contributed by atoms with E-state index in [1.807, 2.05) is 30.9 Å². The van der Waals surface area contributed by atoms with Gasteiger partial charge < -0.3 is 15.0 Å². The van der Waals surface area contributed by atoms with Gasteiger partial charge in [-0.1, -0.05) is 25.6 Å². The van der Waals surface area contributed by atoms with Crippen molar-refractivity contribution in [3.05, 3.63) is 77.1 Å². The van der Waals surface area contributed by atoms with Crippen molar-refractivity contribution in [1.29, 1.82) is 0 Å². The molecule has 0 saturated carbocycles. The summed E-state index contributed by atoms with van der Waals surface area (Å²) in [7, 11) is 1.61. The van der Waals surface area contributed by atoms with Gasteiger partial charge in [-0.15, -0.1) is 0 Å². The fourth-order valence-corrected chi connectivity index (χ4v) is 4.35. The van der Waals surface area contributed by atoms with Crippen LogP contribution in [0.25, 0.3) is 0 Å². The number of piperazine rings is 1. The molecular formula is C27H34FN3O3. The highest BCUT2D eigenvalue weighted by Gasteiger charge is 2.29. The summed E-state index contributed by atoms with van der Waals surface area (Å²) in [6.07, 6.45) is 1.61. The quantitative estimate of drug-likeness (QED) is 0.599. The monoisotopic (exact) mass is 467 g/mol. The average Bonchev–Trinajstić information content (AvgIpc) is 2.84. The van der Waals surface area contributed by atoms with Crippen molar-refractivity contribution in [3.8, 4) is 5.75 Å². The molecule has 2 amide bonds. The van der Waals surface area contributed by atoms with Crippen LogP contribution in [0, 0.1) is 12.7 Å². The van der Waals surface area contributed by atoms with Crippen LogP contribution in [0.15, 0.2) is 49.1 Å². The van der Waals surface area contributed by atoms with E-state index in [1.165, 1.54) is 12.1 Å². The topological polar surface area (TPSA) is 61.9 Å². The van der Waals surface area contributed by atoms with Crippen LogP contribution in [0.2, 0.25) is 0 Å². The first-order chi connectivity index (χ1) is 16.3. The van der Waals surface area contributed by atoms with Crippen LogP contribution in [0.3, 0.4) is 0 Å². The predicted octanol–water partition coefficient (Wildman–Crippen LogP) is 3.89. The Hall–Kier alpha value is -3.19. The first kappa shape index (κ1) is 25.4. The van der Waals surface area contributed by atoms with E-state index in [4.69, 9.17) is 4.74 Å². The van der Waals surface area contributed by atoms with Crippen molar-refractivity contribution in [2.45, 2.75) is 39.3 Å². The molecule has 1 unspecified atom stereocenters. The van der Waals surface area contributed by atoms with E-state index in [-0.39, 0.29) is 23.7 Å². The van der Waals surface area contributed by atoms with E-state index in [1.54, 1.807) is 32.2 Å². The Kier molecular flexibility index (Phi) is 8.45. The van der Waals surface area contributed by atoms with Gasteiger partial charge in [-0.25, -0.2) is 4.39 Å². The third-order valence-corrected chi connectivity index (χ3v) is 6.37. The fourth-order valence-electron chi connectivity index (χ4n) is 4.35. The number of hydrogen-bond acceptors (Lipinski definition) is 4. The number of benzene rings is 2. The molecule has 0 aliphatic carbocycles. The molecular weight excluding hydrogens is 433 g/mol. The summed E-state index contributed by atoms with van der Waals surface area (Å²) >= 11 is 0. The van der Waals surface area contributed by atoms with Crippen LogP contribution in [0.5, 0.6) is 5.75 Å². The van der Waals surface area contributed by atoms with Gasteiger partial charge in [0, 0.05) is 44.8 Å². The number of halogens is 1. The molecule has 0 radical (unpaired) electrons. The lowest BCUT2D eigenvalue weighted by Gasteiger charge is -2.40. The maximum absolute atomic E-state index is 14.4. The van der Waals surface area contributed by atoms with E-state index < -0.39 is 6.10 Å². The Morgan fingerprint density at radius 1 is 1.26 bits per heavy atom. The second-order valence-electron chi connectivity index (χ2n) is 8.71. The molecule has 182 valence electrons. The molecule has 3 rings (SSSR count). The highest BCUT2D eigenvalue weighted by molar-refractivity contribution is 5.95. The Morgan fingerprint density at radius 3 is 2.65 bits per heavy atom. The van der Waals surface area contributed by atoms with Gasteiger partial charge in [0.1, 0.15) is 17.7 Å². The second kappa shape index (κ2) is 11.3. The maximum atomic E-state index is 14.4. The number of rotatable bonds is 8. The normalized spacial score (nSPS) is 17.2. The highest BCUT2D eigenvalue weighted by Crippen LogP contribution is 2.28. The minimum absolute atomic E-state index is 0.0354. The molecule has 2 atom stereocenters. The molecule has 7 heteroatoms. The predicted molar refractivity (Wildman–Crippen MR) is 132 cm³/mol. The Bertz CT molecular complexity index is 1060. The van der Waals surface area contributed by atoms with Crippen molar-refractivity contribution in [2.75, 3.05) is 33.2 Å². The number of carbonyl (C=O) groups is 2. The molecule has 1 heterocycles. The minimum atomic E-state index is -0.417. The second-order valence-corrected chi connectivity index (χ2v) is 8.71. The van der Waals surface area contributed by atoms with E-state index in [0.717, 1.165) is 11.1 Å². The Morgan fingerprint density at radius 2 is 2.03 bits per heavy atom. The number of nitrogens with zero attached hydrogens (tertiary/aromatic N) is 2. The Labute approximate surface area is 201 Å². The van der Waals surface area contributed by atoms with Crippen molar-refractivity contribution in [2.24, 2.45) is 0 Å². The molecule has 1 fully saturated rings. The zero-order valence-corrected chi connectivity index (χ0v) is 20.4. The molecule has 0 aromatic heterocycles. The van der Waals surface area contributed by atoms with Gasteiger partial charge in [0.05, 0.1) is 0 Å². The fraction of sp³-hybridized carbons (Fsp3) is 0.407. The number of ether oxygens (including phenoxy) is 1. The summed E-state index contributed by atoms with van der Waals surface area (Å²) in [6, 6.07) is 10.6. The molecule has 1 N–H and O–H groups in total. The van der Waals surface area contributed by atoms with Gasteiger partial charge in [0.25, 0.3) is 5.91 Å². The average molecular weight is 468 g/mol. The summed E-state index contributed by atoms with van der Waals surface area (Å²) in [4.78, 5) is 28.3. The van der Waals surface area contributed by atoms with Gasteiger partial charge >= 0.3 is 0 Å². The van der Waals surface area contributed by atoms with Crippen molar-refractivity contribution in [1.82, 2.24) is 15.1 Å². The van der Waals surface area contributed by atoms with Gasteiger partial charge in [0.2, 0.25) is 5.91 Å². The van der Waals surface area contributed by atoms with Crippen LogP contribution >= 0.6 is 0 Å².